The van der Waals surface area contributed by atoms with Crippen molar-refractivity contribution in [2.24, 2.45) is 34.5 Å². The average molecular weight is 584 g/mol. The zero-order chi connectivity index (χ0) is 29.9. The molecule has 41 heavy (non-hydrogen) atoms. The Kier molecular flexibility index (Phi) is 7.68. The second-order valence-electron chi connectivity index (χ2n) is 14.3. The summed E-state index contributed by atoms with van der Waals surface area (Å²) in [5.74, 6) is 2.65. The van der Waals surface area contributed by atoms with Crippen molar-refractivity contribution in [1.82, 2.24) is 9.97 Å². The highest BCUT2D eigenvalue weighted by molar-refractivity contribution is 7.20. The summed E-state index contributed by atoms with van der Waals surface area (Å²) in [6, 6.07) is 10.8. The van der Waals surface area contributed by atoms with Crippen LogP contribution in [0.1, 0.15) is 87.7 Å². The Bertz CT molecular complexity index is 1700. The van der Waals surface area contributed by atoms with Gasteiger partial charge in [-0.2, -0.15) is 10.5 Å². The molecule has 0 saturated heterocycles. The first-order valence-corrected chi connectivity index (χ1v) is 16.3. The van der Waals surface area contributed by atoms with E-state index in [1.54, 1.807) is 0 Å². The lowest BCUT2D eigenvalue weighted by molar-refractivity contribution is 0.155. The zero-order valence-corrected chi connectivity index (χ0v) is 27.2. The largest absolute Gasteiger partial charge is 0.396 e. The molecule has 0 amide bonds. The molecule has 0 saturated carbocycles. The van der Waals surface area contributed by atoms with Gasteiger partial charge in [-0.15, -0.1) is 22.7 Å². The van der Waals surface area contributed by atoms with Crippen LogP contribution in [-0.2, 0) is 25.7 Å². The molecule has 6 rings (SSSR count). The molecule has 0 bridgehead atoms. The van der Waals surface area contributed by atoms with Crippen LogP contribution in [0.4, 0.5) is 5.69 Å². The number of hydrogen-bond donors (Lipinski definition) is 1. The van der Waals surface area contributed by atoms with Gasteiger partial charge in [0.2, 0.25) is 0 Å². The summed E-state index contributed by atoms with van der Waals surface area (Å²) < 4.78 is 0. The Balaban J connectivity index is 0.000000165. The van der Waals surface area contributed by atoms with Crippen molar-refractivity contribution < 1.29 is 0 Å². The van der Waals surface area contributed by atoms with Crippen LogP contribution >= 0.6 is 22.7 Å². The molecule has 214 valence electrons. The highest BCUT2D eigenvalue weighted by Crippen LogP contribution is 2.43. The number of nitrogen functional groups attached to an aromatic ring is 1. The molecule has 4 aromatic heterocycles. The second-order valence-corrected chi connectivity index (χ2v) is 16.4. The fourth-order valence-electron chi connectivity index (χ4n) is 7.11. The van der Waals surface area contributed by atoms with E-state index in [0.717, 1.165) is 51.0 Å². The maximum absolute atomic E-state index is 9.13. The highest BCUT2D eigenvalue weighted by Gasteiger charge is 2.36. The van der Waals surface area contributed by atoms with E-state index in [2.05, 4.69) is 79.7 Å². The van der Waals surface area contributed by atoms with Crippen molar-refractivity contribution in [3.63, 3.8) is 0 Å². The van der Waals surface area contributed by atoms with Gasteiger partial charge >= 0.3 is 0 Å². The standard InChI is InChI=1S/C17H21N3S.C17H20N2S/c1-9-5-13-10(7-12(9)17(2,3)4)6-11-15(19)14(8-18)21-16(11)20-13;1-10-5-15-11(8-14(10)17(2,3)4)6-12-7-13(9-18)20-16(12)19-15/h6,9,12H,5,7,19H2,1-4H3;6-7,10,14H,5,8H2,1-4H3. The van der Waals surface area contributed by atoms with E-state index >= 15 is 0 Å². The smallest absolute Gasteiger partial charge is 0.130 e. The number of thiophene rings is 2. The predicted molar refractivity (Wildman–Crippen MR) is 172 cm³/mol. The molecule has 5 nitrogen and oxygen atoms in total. The Morgan fingerprint density at radius 2 is 1.29 bits per heavy atom. The number of nitrogens with zero attached hydrogens (tertiary/aromatic N) is 4. The topological polar surface area (TPSA) is 99.4 Å². The number of aromatic nitrogens is 2. The molecule has 0 radical (unpaired) electrons. The van der Waals surface area contributed by atoms with Gasteiger partial charge in [-0.1, -0.05) is 55.4 Å². The Morgan fingerprint density at radius 1 is 0.756 bits per heavy atom. The van der Waals surface area contributed by atoms with Crippen LogP contribution in [0.5, 0.6) is 0 Å². The van der Waals surface area contributed by atoms with Gasteiger partial charge in [-0.3, -0.25) is 0 Å². The van der Waals surface area contributed by atoms with Crippen LogP contribution in [0.3, 0.4) is 0 Å². The zero-order valence-electron chi connectivity index (χ0n) is 25.6. The number of pyridine rings is 2. The van der Waals surface area contributed by atoms with Gasteiger partial charge in [0.1, 0.15) is 31.6 Å². The number of fused-ring (bicyclic) bond motifs is 4. The molecule has 4 heterocycles. The third-order valence-corrected chi connectivity index (χ3v) is 11.3. The number of hydrogen-bond acceptors (Lipinski definition) is 7. The summed E-state index contributed by atoms with van der Waals surface area (Å²) in [6.45, 7) is 18.6. The first kappa shape index (κ1) is 29.5. The molecular weight excluding hydrogens is 543 g/mol. The van der Waals surface area contributed by atoms with Crippen LogP contribution < -0.4 is 5.73 Å². The molecule has 2 aliphatic carbocycles. The SMILES string of the molecule is CC1Cc2nc3sc(C#N)c(N)c3cc2CC1C(C)(C)C.CC1Cc2nc3sc(C#N)cc3cc2CC1C(C)(C)C. The number of nitrogens with two attached hydrogens (primary N) is 1. The van der Waals surface area contributed by atoms with Gasteiger partial charge in [0.05, 0.1) is 5.69 Å². The van der Waals surface area contributed by atoms with Crippen molar-refractivity contribution in [2.45, 2.75) is 81.1 Å². The van der Waals surface area contributed by atoms with Gasteiger partial charge in [-0.05, 0) is 89.5 Å². The molecule has 0 aliphatic heterocycles. The summed E-state index contributed by atoms with van der Waals surface area (Å²) in [6.07, 6.45) is 4.25. The minimum absolute atomic E-state index is 0.296. The van der Waals surface area contributed by atoms with Crippen molar-refractivity contribution >= 4 is 48.8 Å². The molecule has 4 unspecified atom stereocenters. The normalized spacial score (nSPS) is 22.3. The van der Waals surface area contributed by atoms with Crippen LogP contribution in [-0.4, -0.2) is 9.97 Å². The minimum Gasteiger partial charge on any atom is -0.396 e. The first-order chi connectivity index (χ1) is 19.2. The fourth-order valence-corrected chi connectivity index (χ4v) is 8.83. The van der Waals surface area contributed by atoms with Crippen molar-refractivity contribution in [1.29, 1.82) is 10.5 Å². The van der Waals surface area contributed by atoms with E-state index in [0.29, 0.717) is 45.1 Å². The quantitative estimate of drug-likeness (QED) is 0.223. The molecule has 0 aromatic carbocycles. The Labute approximate surface area is 252 Å². The molecule has 2 aliphatic rings. The summed E-state index contributed by atoms with van der Waals surface area (Å²) in [5, 5.41) is 20.2. The van der Waals surface area contributed by atoms with E-state index in [1.807, 2.05) is 6.07 Å². The average Bonchev–Trinajstić information content (AvgIpc) is 3.43. The van der Waals surface area contributed by atoms with Crippen molar-refractivity contribution in [2.75, 3.05) is 5.73 Å². The van der Waals surface area contributed by atoms with E-state index in [-0.39, 0.29) is 0 Å². The summed E-state index contributed by atoms with van der Waals surface area (Å²) in [7, 11) is 0. The molecule has 2 N–H and O–H groups in total. The van der Waals surface area contributed by atoms with E-state index in [9.17, 15) is 0 Å². The van der Waals surface area contributed by atoms with E-state index < -0.39 is 0 Å². The molecule has 0 fully saturated rings. The first-order valence-electron chi connectivity index (χ1n) is 14.6. The van der Waals surface area contributed by atoms with Gasteiger partial charge in [0.25, 0.3) is 0 Å². The number of nitriles is 2. The summed E-state index contributed by atoms with van der Waals surface area (Å²) >= 11 is 2.91. The molecule has 0 spiro atoms. The summed E-state index contributed by atoms with van der Waals surface area (Å²) in [5.41, 5.74) is 12.4. The van der Waals surface area contributed by atoms with Crippen molar-refractivity contribution in [3.8, 4) is 12.1 Å². The lowest BCUT2D eigenvalue weighted by Crippen LogP contribution is -2.33. The van der Waals surface area contributed by atoms with Crippen LogP contribution in [0.2, 0.25) is 0 Å². The molecule has 4 aromatic rings. The third kappa shape index (κ3) is 5.72. The van der Waals surface area contributed by atoms with Crippen molar-refractivity contribution in [3.05, 3.63) is 50.5 Å². The highest BCUT2D eigenvalue weighted by atomic mass is 32.1. The number of rotatable bonds is 0. The van der Waals surface area contributed by atoms with Crippen LogP contribution in [0.25, 0.3) is 20.4 Å². The lowest BCUT2D eigenvalue weighted by Gasteiger charge is -2.39. The fraction of sp³-hybridized carbons (Fsp3) is 0.529. The maximum Gasteiger partial charge on any atom is 0.130 e. The monoisotopic (exact) mass is 583 g/mol. The Hall–Kier alpha value is -3.00. The van der Waals surface area contributed by atoms with Crippen LogP contribution in [0, 0.1) is 57.2 Å². The Morgan fingerprint density at radius 3 is 1.80 bits per heavy atom. The van der Waals surface area contributed by atoms with E-state index in [4.69, 9.17) is 26.2 Å². The van der Waals surface area contributed by atoms with Gasteiger partial charge in [0.15, 0.2) is 0 Å². The minimum atomic E-state index is 0.296. The van der Waals surface area contributed by atoms with Gasteiger partial charge in [-0.25, -0.2) is 9.97 Å². The maximum atomic E-state index is 9.13. The third-order valence-electron chi connectivity index (χ3n) is 9.29. The second kappa shape index (κ2) is 10.7. The van der Waals surface area contributed by atoms with E-state index in [1.165, 1.54) is 45.2 Å². The van der Waals surface area contributed by atoms with Gasteiger partial charge in [0, 0.05) is 22.2 Å². The molecular formula is C34H41N5S2. The predicted octanol–water partition coefficient (Wildman–Crippen LogP) is 8.71. The van der Waals surface area contributed by atoms with Gasteiger partial charge < -0.3 is 5.73 Å². The molecule has 4 atom stereocenters. The number of anilines is 1. The summed E-state index contributed by atoms with van der Waals surface area (Å²) in [4.78, 5) is 12.9. The lowest BCUT2D eigenvalue weighted by atomic mass is 9.66. The van der Waals surface area contributed by atoms with Crippen LogP contribution in [0.15, 0.2) is 18.2 Å². The molecule has 7 heteroatoms.